The van der Waals surface area contributed by atoms with Crippen LogP contribution in [-0.4, -0.2) is 42.8 Å². The molecule has 0 radical (unpaired) electrons. The van der Waals surface area contributed by atoms with Gasteiger partial charge in [-0.05, 0) is 47.0 Å². The van der Waals surface area contributed by atoms with Crippen LogP contribution in [0.5, 0.6) is 11.5 Å². The minimum atomic E-state index is 0. The minimum absolute atomic E-state index is 0. The summed E-state index contributed by atoms with van der Waals surface area (Å²) in [6.07, 6.45) is 2.25. The number of halogens is 3. The summed E-state index contributed by atoms with van der Waals surface area (Å²) in [4.78, 5) is 2.52. The van der Waals surface area contributed by atoms with Gasteiger partial charge >= 0.3 is 0 Å². The van der Waals surface area contributed by atoms with Gasteiger partial charge in [0, 0.05) is 32.2 Å². The molecule has 7 heteroatoms. The minimum Gasteiger partial charge on any atom is -0.503 e. The summed E-state index contributed by atoms with van der Waals surface area (Å²) in [5.74, 6) is 0.759. The number of benzene rings is 1. The Balaban J connectivity index is 0.00000242. The van der Waals surface area contributed by atoms with E-state index in [9.17, 15) is 5.11 Å². The first kappa shape index (κ1) is 22.8. The molecule has 1 heterocycles. The maximum absolute atomic E-state index is 10.1. The molecule has 2 rings (SSSR count). The summed E-state index contributed by atoms with van der Waals surface area (Å²) in [5.41, 5.74) is 1.21. The summed E-state index contributed by atoms with van der Waals surface area (Å²) in [6.45, 7) is 8.90. The Bertz CT molecular complexity index is 472. The lowest BCUT2D eigenvalue weighted by atomic mass is 9.99. The van der Waals surface area contributed by atoms with Gasteiger partial charge in [-0.15, -0.1) is 24.8 Å². The number of ether oxygens (including phenoxy) is 1. The second-order valence-corrected chi connectivity index (χ2v) is 6.23. The molecule has 2 N–H and O–H groups in total. The topological polar surface area (TPSA) is 44.7 Å². The van der Waals surface area contributed by atoms with E-state index in [1.807, 2.05) is 19.1 Å². The van der Waals surface area contributed by atoms with Crippen molar-refractivity contribution in [3.63, 3.8) is 0 Å². The van der Waals surface area contributed by atoms with Crippen molar-refractivity contribution in [3.8, 4) is 11.5 Å². The Morgan fingerprint density at radius 1 is 1.26 bits per heavy atom. The van der Waals surface area contributed by atoms with Crippen LogP contribution in [0.15, 0.2) is 16.6 Å². The molecule has 0 aromatic heterocycles. The average molecular weight is 430 g/mol. The lowest BCUT2D eigenvalue weighted by Crippen LogP contribution is -2.45. The van der Waals surface area contributed by atoms with E-state index in [0.29, 0.717) is 22.9 Å². The highest BCUT2D eigenvalue weighted by Gasteiger charge is 2.23. The van der Waals surface area contributed by atoms with Gasteiger partial charge in [0.15, 0.2) is 11.5 Å². The number of hydrogen-bond acceptors (Lipinski definition) is 4. The third kappa shape index (κ3) is 5.98. The number of nitrogens with zero attached hydrogens (tertiary/aromatic N) is 1. The number of piperazine rings is 1. The molecule has 0 aliphatic carbocycles. The normalized spacial score (nSPS) is 16.1. The van der Waals surface area contributed by atoms with E-state index >= 15 is 0 Å². The molecule has 4 nitrogen and oxygen atoms in total. The lowest BCUT2D eigenvalue weighted by molar-refractivity contribution is 0.164. The maximum atomic E-state index is 10.1. The van der Waals surface area contributed by atoms with Gasteiger partial charge in [0.25, 0.3) is 0 Å². The molecule has 1 atom stereocenters. The van der Waals surface area contributed by atoms with E-state index in [2.05, 4.69) is 33.1 Å². The molecule has 0 unspecified atom stereocenters. The van der Waals surface area contributed by atoms with Crippen LogP contribution in [0.3, 0.4) is 0 Å². The number of phenolic OH excluding ortho intramolecular Hbond substituents is 1. The van der Waals surface area contributed by atoms with Crippen molar-refractivity contribution in [2.75, 3.05) is 32.8 Å². The first-order valence-electron chi connectivity index (χ1n) is 7.77. The Labute approximate surface area is 159 Å². The van der Waals surface area contributed by atoms with Crippen molar-refractivity contribution in [3.05, 3.63) is 22.2 Å². The van der Waals surface area contributed by atoms with Gasteiger partial charge in [-0.25, -0.2) is 0 Å². The fourth-order valence-corrected chi connectivity index (χ4v) is 3.34. The molecule has 23 heavy (non-hydrogen) atoms. The lowest BCUT2D eigenvalue weighted by Gasteiger charge is -2.35. The fourth-order valence-electron chi connectivity index (χ4n) is 2.88. The van der Waals surface area contributed by atoms with Crippen molar-refractivity contribution in [2.24, 2.45) is 0 Å². The van der Waals surface area contributed by atoms with E-state index in [0.717, 1.165) is 39.0 Å². The average Bonchev–Trinajstić information content (AvgIpc) is 2.50. The van der Waals surface area contributed by atoms with Gasteiger partial charge in [0.05, 0.1) is 11.1 Å². The van der Waals surface area contributed by atoms with Crippen molar-refractivity contribution < 1.29 is 9.84 Å². The monoisotopic (exact) mass is 428 g/mol. The van der Waals surface area contributed by atoms with E-state index in [1.54, 1.807) is 0 Å². The molecule has 0 spiro atoms. The van der Waals surface area contributed by atoms with E-state index < -0.39 is 0 Å². The molecule has 1 saturated heterocycles. The zero-order chi connectivity index (χ0) is 15.2. The zero-order valence-corrected chi connectivity index (χ0v) is 16.9. The quantitative estimate of drug-likeness (QED) is 0.712. The van der Waals surface area contributed by atoms with Gasteiger partial charge < -0.3 is 15.2 Å². The third-order valence-corrected chi connectivity index (χ3v) is 4.49. The molecule has 1 aliphatic heterocycles. The molecule has 0 amide bonds. The number of rotatable bonds is 6. The molecule has 0 saturated carbocycles. The highest BCUT2D eigenvalue weighted by Crippen LogP contribution is 2.39. The number of phenols is 1. The summed E-state index contributed by atoms with van der Waals surface area (Å²) < 4.78 is 6.27. The van der Waals surface area contributed by atoms with E-state index in [4.69, 9.17) is 4.74 Å². The van der Waals surface area contributed by atoms with Gasteiger partial charge in [-0.1, -0.05) is 13.3 Å². The van der Waals surface area contributed by atoms with Gasteiger partial charge in [0.1, 0.15) is 0 Å². The van der Waals surface area contributed by atoms with Crippen molar-refractivity contribution >= 4 is 40.7 Å². The molecule has 0 bridgehead atoms. The highest BCUT2D eigenvalue weighted by atomic mass is 79.9. The van der Waals surface area contributed by atoms with Crippen LogP contribution in [0, 0.1) is 0 Å². The smallest absolute Gasteiger partial charge is 0.172 e. The predicted octanol–water partition coefficient (Wildman–Crippen LogP) is 4.14. The molecule has 1 aromatic rings. The number of hydrogen-bond donors (Lipinski definition) is 2. The Hall–Kier alpha value is -0.200. The summed E-state index contributed by atoms with van der Waals surface area (Å²) in [7, 11) is 0. The van der Waals surface area contributed by atoms with E-state index in [-0.39, 0.29) is 30.6 Å². The first-order valence-corrected chi connectivity index (χ1v) is 8.56. The fraction of sp³-hybridized carbons (Fsp3) is 0.625. The number of nitrogens with one attached hydrogen (secondary N) is 1. The van der Waals surface area contributed by atoms with E-state index in [1.165, 1.54) is 5.56 Å². The van der Waals surface area contributed by atoms with Crippen molar-refractivity contribution in [2.45, 2.75) is 32.7 Å². The second-order valence-electron chi connectivity index (χ2n) is 5.37. The van der Waals surface area contributed by atoms with Crippen LogP contribution in [0.4, 0.5) is 0 Å². The summed E-state index contributed by atoms with van der Waals surface area (Å²) >= 11 is 3.45. The summed E-state index contributed by atoms with van der Waals surface area (Å²) in [5, 5.41) is 13.5. The molecule has 1 aromatic carbocycles. The molecular weight excluding hydrogens is 403 g/mol. The van der Waals surface area contributed by atoms with Gasteiger partial charge in [0.2, 0.25) is 0 Å². The van der Waals surface area contributed by atoms with Crippen LogP contribution in [0.25, 0.3) is 0 Å². The molecule has 134 valence electrons. The largest absolute Gasteiger partial charge is 0.503 e. The molecule has 1 fully saturated rings. The van der Waals surface area contributed by atoms with Crippen molar-refractivity contribution in [1.82, 2.24) is 10.2 Å². The Kier molecular flexibility index (Phi) is 11.3. The molecular formula is C16H27BrCl2N2O2. The summed E-state index contributed by atoms with van der Waals surface area (Å²) in [6, 6.07) is 4.40. The first-order chi connectivity index (χ1) is 10.2. The van der Waals surface area contributed by atoms with Gasteiger partial charge in [-0.2, -0.15) is 0 Å². The number of aromatic hydroxyl groups is 1. The maximum Gasteiger partial charge on any atom is 0.172 e. The van der Waals surface area contributed by atoms with Crippen LogP contribution in [-0.2, 0) is 0 Å². The van der Waals surface area contributed by atoms with Gasteiger partial charge in [-0.3, -0.25) is 4.90 Å². The Morgan fingerprint density at radius 2 is 1.91 bits per heavy atom. The van der Waals surface area contributed by atoms with Crippen LogP contribution >= 0.6 is 40.7 Å². The predicted molar refractivity (Wildman–Crippen MR) is 104 cm³/mol. The highest BCUT2D eigenvalue weighted by molar-refractivity contribution is 9.10. The Morgan fingerprint density at radius 3 is 2.48 bits per heavy atom. The standard InChI is InChI=1S/C16H25BrN2O2.2ClH/c1-3-5-14(19-8-6-18-7-9-19)12-10-13(17)16(20)15(11-12)21-4-2;;/h10-11,14,18,20H,3-9H2,1-2H3;2*1H/t14-;;/m0../s1. The third-order valence-electron chi connectivity index (χ3n) is 3.89. The molecule has 1 aliphatic rings. The SMILES string of the molecule is CCC[C@@H](c1cc(Br)c(O)c(OCC)c1)N1CCNCC1.Cl.Cl. The van der Waals surface area contributed by atoms with Crippen LogP contribution < -0.4 is 10.1 Å². The van der Waals surface area contributed by atoms with Crippen molar-refractivity contribution in [1.29, 1.82) is 0 Å². The zero-order valence-electron chi connectivity index (χ0n) is 13.7. The van der Waals surface area contributed by atoms with Crippen LogP contribution in [0.1, 0.15) is 38.3 Å². The second kappa shape index (κ2) is 11.4. The van der Waals surface area contributed by atoms with Crippen LogP contribution in [0.2, 0.25) is 0 Å².